The minimum absolute atomic E-state index is 0.684. The zero-order chi connectivity index (χ0) is 40.7. The Morgan fingerprint density at radius 1 is 0.419 bits per heavy atom. The maximum Gasteiger partial charge on any atom is 0.180 e. The van der Waals surface area contributed by atoms with Crippen LogP contribution in [-0.4, -0.2) is 14.5 Å². The fraction of sp³-hybridized carbons (Fsp3) is 0.0345. The Morgan fingerprint density at radius 3 is 1.66 bits per heavy atom. The highest BCUT2D eigenvalue weighted by atomic mass is 16.3. The van der Waals surface area contributed by atoms with E-state index in [2.05, 4.69) is 187 Å². The minimum Gasteiger partial charge on any atom is -0.452 e. The number of para-hydroxylation sites is 2. The van der Waals surface area contributed by atoms with E-state index in [0.717, 1.165) is 68.6 Å². The third-order valence-electron chi connectivity index (χ3n) is 12.8. The summed E-state index contributed by atoms with van der Waals surface area (Å²) in [6, 6.07) is 65.9. The molecule has 0 saturated carbocycles. The molecule has 0 radical (unpaired) electrons. The first kappa shape index (κ1) is 34.8. The topological polar surface area (TPSA) is 43.9 Å². The number of allylic oxidation sites excluding steroid dienone is 4. The molecule has 13 rings (SSSR count). The van der Waals surface area contributed by atoms with Crippen molar-refractivity contribution in [1.82, 2.24) is 14.5 Å². The second-order valence-corrected chi connectivity index (χ2v) is 16.4. The molecule has 0 saturated heterocycles. The van der Waals surface area contributed by atoms with Crippen LogP contribution in [-0.2, 0) is 0 Å². The standard InChI is InChI=1S/C58H37N3O/c1-3-14-36(15-4-1)55-57-56(48-24-11-12-25-54(48)62-57)60-58(59-55)41-17-13-16-37(32-41)39-27-30-52-50(34-39)51-35-40(28-31-53(51)61(52)42-18-5-2-6-19-42)38-26-29-47-45-22-8-7-20-43(45)44-21-9-10-23-46(44)49(47)33-38/h2-3,5-35H,1,4H2. The number of hydrogen-bond acceptors (Lipinski definition) is 3. The van der Waals surface area contributed by atoms with Gasteiger partial charge in [0.1, 0.15) is 16.8 Å². The summed E-state index contributed by atoms with van der Waals surface area (Å²) in [5.41, 5.74) is 13.4. The van der Waals surface area contributed by atoms with E-state index in [9.17, 15) is 0 Å². The summed E-state index contributed by atoms with van der Waals surface area (Å²) in [5.74, 6) is 0.684. The van der Waals surface area contributed by atoms with Gasteiger partial charge in [-0.25, -0.2) is 9.97 Å². The van der Waals surface area contributed by atoms with Gasteiger partial charge in [0.2, 0.25) is 0 Å². The SMILES string of the molecule is C1=CC(c2nc(-c3cccc(-c4ccc5c(c4)c4cc(-c6ccc7c8ccccc8c8ccccc8c7c6)ccc4n5-c4ccccc4)c3)nc3c2oc2ccccc23)=CCC1. The lowest BCUT2D eigenvalue weighted by Crippen LogP contribution is -1.97. The molecule has 0 N–H and O–H groups in total. The minimum atomic E-state index is 0.684. The highest BCUT2D eigenvalue weighted by Gasteiger charge is 2.20. The monoisotopic (exact) mass is 791 g/mol. The third kappa shape index (κ3) is 5.40. The van der Waals surface area contributed by atoms with Gasteiger partial charge < -0.3 is 8.98 Å². The molecule has 9 aromatic carbocycles. The Hall–Kier alpha value is -8.08. The van der Waals surface area contributed by atoms with Crippen LogP contribution in [0.4, 0.5) is 0 Å². The van der Waals surface area contributed by atoms with Gasteiger partial charge in [-0.3, -0.25) is 0 Å². The predicted octanol–water partition coefficient (Wildman–Crippen LogP) is 15.7. The molecule has 1 aliphatic rings. The molecule has 0 fully saturated rings. The van der Waals surface area contributed by atoms with Gasteiger partial charge in [-0.15, -0.1) is 0 Å². The van der Waals surface area contributed by atoms with Gasteiger partial charge in [-0.1, -0.05) is 140 Å². The second-order valence-electron chi connectivity index (χ2n) is 16.4. The van der Waals surface area contributed by atoms with Crippen LogP contribution in [0.15, 0.2) is 205 Å². The Balaban J connectivity index is 0.979. The molecule has 0 aliphatic heterocycles. The van der Waals surface area contributed by atoms with E-state index in [1.54, 1.807) is 0 Å². The summed E-state index contributed by atoms with van der Waals surface area (Å²) < 4.78 is 8.81. The molecule has 0 amide bonds. The fourth-order valence-electron chi connectivity index (χ4n) is 9.87. The summed E-state index contributed by atoms with van der Waals surface area (Å²) >= 11 is 0. The molecule has 0 unspecified atom stereocenters. The van der Waals surface area contributed by atoms with Crippen LogP contribution in [0, 0.1) is 0 Å². The van der Waals surface area contributed by atoms with Crippen molar-refractivity contribution in [3.05, 3.63) is 206 Å². The summed E-state index contributed by atoms with van der Waals surface area (Å²) in [6.07, 6.45) is 8.64. The highest BCUT2D eigenvalue weighted by Crippen LogP contribution is 2.41. The van der Waals surface area contributed by atoms with Crippen molar-refractivity contribution in [3.63, 3.8) is 0 Å². The van der Waals surface area contributed by atoms with Crippen LogP contribution in [0.25, 0.3) is 121 Å². The molecule has 12 aromatic rings. The molecule has 1 aliphatic carbocycles. The van der Waals surface area contributed by atoms with Gasteiger partial charge in [0.25, 0.3) is 0 Å². The van der Waals surface area contributed by atoms with E-state index in [1.165, 1.54) is 65.3 Å². The summed E-state index contributed by atoms with van der Waals surface area (Å²) in [7, 11) is 0. The lowest BCUT2D eigenvalue weighted by Gasteiger charge is -2.12. The normalized spacial score (nSPS) is 13.1. The average Bonchev–Trinajstić information content (AvgIpc) is 3.89. The lowest BCUT2D eigenvalue weighted by molar-refractivity contribution is 0.664. The number of furan rings is 1. The van der Waals surface area contributed by atoms with Crippen molar-refractivity contribution in [2.75, 3.05) is 0 Å². The zero-order valence-electron chi connectivity index (χ0n) is 33.7. The average molecular weight is 792 g/mol. The van der Waals surface area contributed by atoms with E-state index in [1.807, 2.05) is 18.2 Å². The maximum absolute atomic E-state index is 6.42. The Morgan fingerprint density at radius 2 is 0.984 bits per heavy atom. The molecule has 0 bridgehead atoms. The van der Waals surface area contributed by atoms with E-state index in [-0.39, 0.29) is 0 Å². The molecule has 4 heteroatoms. The molecule has 62 heavy (non-hydrogen) atoms. The maximum atomic E-state index is 6.42. The smallest absolute Gasteiger partial charge is 0.180 e. The number of rotatable bonds is 5. The van der Waals surface area contributed by atoms with Crippen LogP contribution in [0.5, 0.6) is 0 Å². The van der Waals surface area contributed by atoms with Crippen LogP contribution < -0.4 is 0 Å². The molecule has 3 aromatic heterocycles. The van der Waals surface area contributed by atoms with Crippen molar-refractivity contribution in [1.29, 1.82) is 0 Å². The van der Waals surface area contributed by atoms with Crippen LogP contribution >= 0.6 is 0 Å². The van der Waals surface area contributed by atoms with E-state index >= 15 is 0 Å². The van der Waals surface area contributed by atoms with Crippen molar-refractivity contribution in [2.45, 2.75) is 12.8 Å². The van der Waals surface area contributed by atoms with Crippen molar-refractivity contribution >= 4 is 81.8 Å². The van der Waals surface area contributed by atoms with Crippen LogP contribution in [0.3, 0.4) is 0 Å². The second kappa shape index (κ2) is 13.7. The first-order valence-corrected chi connectivity index (χ1v) is 21.4. The summed E-state index contributed by atoms with van der Waals surface area (Å²) in [4.78, 5) is 10.4. The Kier molecular flexibility index (Phi) is 7.70. The Labute approximate surface area is 357 Å². The third-order valence-corrected chi connectivity index (χ3v) is 12.8. The van der Waals surface area contributed by atoms with Crippen molar-refractivity contribution in [2.24, 2.45) is 0 Å². The molecule has 3 heterocycles. The van der Waals surface area contributed by atoms with Crippen molar-refractivity contribution < 1.29 is 4.42 Å². The van der Waals surface area contributed by atoms with Gasteiger partial charge in [-0.2, -0.15) is 0 Å². The quantitative estimate of drug-likeness (QED) is 0.163. The zero-order valence-corrected chi connectivity index (χ0v) is 33.7. The molecule has 290 valence electrons. The molecular formula is C58H37N3O. The van der Waals surface area contributed by atoms with E-state index in [4.69, 9.17) is 14.4 Å². The van der Waals surface area contributed by atoms with Gasteiger partial charge in [0.05, 0.1) is 11.0 Å². The number of hydrogen-bond donors (Lipinski definition) is 0. The predicted molar refractivity (Wildman–Crippen MR) is 259 cm³/mol. The lowest BCUT2D eigenvalue weighted by atomic mass is 9.92. The number of fused-ring (bicyclic) bond motifs is 12. The molecule has 4 nitrogen and oxygen atoms in total. The Bertz CT molecular complexity index is 3830. The summed E-state index contributed by atoms with van der Waals surface area (Å²) in [6.45, 7) is 0. The van der Waals surface area contributed by atoms with E-state index < -0.39 is 0 Å². The molecule has 0 spiro atoms. The summed E-state index contributed by atoms with van der Waals surface area (Å²) in [5, 5.41) is 11.1. The van der Waals surface area contributed by atoms with Gasteiger partial charge in [0.15, 0.2) is 11.4 Å². The number of benzene rings is 9. The fourth-order valence-corrected chi connectivity index (χ4v) is 9.87. The first-order valence-electron chi connectivity index (χ1n) is 21.4. The van der Waals surface area contributed by atoms with Crippen LogP contribution in [0.1, 0.15) is 18.5 Å². The van der Waals surface area contributed by atoms with Crippen molar-refractivity contribution in [3.8, 4) is 39.3 Å². The first-order chi connectivity index (χ1) is 30.7. The van der Waals surface area contributed by atoms with Gasteiger partial charge in [0, 0.05) is 27.4 Å². The van der Waals surface area contributed by atoms with Gasteiger partial charge >= 0.3 is 0 Å². The van der Waals surface area contributed by atoms with E-state index in [0.29, 0.717) is 5.82 Å². The number of nitrogens with zero attached hydrogens (tertiary/aromatic N) is 3. The van der Waals surface area contributed by atoms with Gasteiger partial charge in [-0.05, 0) is 134 Å². The largest absolute Gasteiger partial charge is 0.452 e. The van der Waals surface area contributed by atoms with Crippen LogP contribution in [0.2, 0.25) is 0 Å². The molecular weight excluding hydrogens is 755 g/mol. The highest BCUT2D eigenvalue weighted by molar-refractivity contribution is 6.26. The molecule has 0 atom stereocenters. The number of aromatic nitrogens is 3.